The van der Waals surface area contributed by atoms with E-state index >= 15 is 0 Å². The number of amides is 1. The lowest BCUT2D eigenvalue weighted by atomic mass is 9.95. The zero-order valence-corrected chi connectivity index (χ0v) is 17.1. The van der Waals surface area contributed by atoms with Crippen LogP contribution < -0.4 is 4.90 Å². The first kappa shape index (κ1) is 18.0. The molecule has 8 nitrogen and oxygen atoms in total. The Balaban J connectivity index is 1.33. The molecule has 5 rings (SSSR count). The van der Waals surface area contributed by atoms with Crippen LogP contribution >= 0.6 is 11.3 Å². The number of rotatable bonds is 3. The van der Waals surface area contributed by atoms with E-state index in [2.05, 4.69) is 20.3 Å². The van der Waals surface area contributed by atoms with Crippen LogP contribution in [0.2, 0.25) is 0 Å². The Morgan fingerprint density at radius 1 is 1.14 bits per heavy atom. The molecule has 29 heavy (non-hydrogen) atoms. The average Bonchev–Trinajstić information content (AvgIpc) is 3.39. The highest BCUT2D eigenvalue weighted by Gasteiger charge is 2.28. The lowest BCUT2D eigenvalue weighted by Gasteiger charge is -2.31. The van der Waals surface area contributed by atoms with Gasteiger partial charge in [-0.1, -0.05) is 0 Å². The maximum atomic E-state index is 12.9. The van der Waals surface area contributed by atoms with E-state index in [0.29, 0.717) is 13.1 Å². The van der Waals surface area contributed by atoms with E-state index in [1.54, 1.807) is 11.3 Å². The number of anilines is 1. The zero-order chi connectivity index (χ0) is 20.0. The number of likely N-dealkylation sites (tertiary alicyclic amines) is 1. The van der Waals surface area contributed by atoms with E-state index in [-0.39, 0.29) is 11.8 Å². The second-order valence-electron chi connectivity index (χ2n) is 7.52. The lowest BCUT2D eigenvalue weighted by molar-refractivity contribution is 0.0711. The van der Waals surface area contributed by atoms with Crippen molar-refractivity contribution in [1.29, 1.82) is 0 Å². The van der Waals surface area contributed by atoms with Crippen LogP contribution in [0.25, 0.3) is 15.9 Å². The van der Waals surface area contributed by atoms with Crippen LogP contribution in [0.1, 0.15) is 34.9 Å². The minimum Gasteiger partial charge on any atom is -0.361 e. The van der Waals surface area contributed by atoms with Crippen molar-refractivity contribution in [3.05, 3.63) is 47.2 Å². The summed E-state index contributed by atoms with van der Waals surface area (Å²) in [5.41, 5.74) is 4.23. The molecule has 1 aliphatic heterocycles. The van der Waals surface area contributed by atoms with Gasteiger partial charge >= 0.3 is 0 Å². The molecule has 0 aliphatic carbocycles. The van der Waals surface area contributed by atoms with Gasteiger partial charge in [-0.05, 0) is 43.2 Å². The van der Waals surface area contributed by atoms with Crippen LogP contribution in [0, 0.1) is 0 Å². The first-order valence-electron chi connectivity index (χ1n) is 9.62. The number of piperidine rings is 1. The summed E-state index contributed by atoms with van der Waals surface area (Å²) in [6.07, 6.45) is 1.70. The highest BCUT2D eigenvalue weighted by Crippen LogP contribution is 2.28. The number of thiazole rings is 1. The topological polar surface area (TPSA) is 79.5 Å². The van der Waals surface area contributed by atoms with E-state index in [1.807, 2.05) is 64.3 Å². The van der Waals surface area contributed by atoms with Gasteiger partial charge < -0.3 is 9.80 Å². The second kappa shape index (κ2) is 7.07. The van der Waals surface area contributed by atoms with Gasteiger partial charge in [0.1, 0.15) is 5.82 Å². The molecule has 0 spiro atoms. The van der Waals surface area contributed by atoms with Gasteiger partial charge in [-0.2, -0.15) is 4.52 Å². The molecule has 1 aliphatic rings. The molecule has 0 atom stereocenters. The Morgan fingerprint density at radius 2 is 1.97 bits per heavy atom. The predicted octanol–water partition coefficient (Wildman–Crippen LogP) is 2.82. The molecule has 0 saturated carbocycles. The van der Waals surface area contributed by atoms with Gasteiger partial charge in [0.2, 0.25) is 0 Å². The highest BCUT2D eigenvalue weighted by atomic mass is 32.1. The Bertz CT molecular complexity index is 1190. The van der Waals surface area contributed by atoms with Crippen molar-refractivity contribution in [2.45, 2.75) is 18.8 Å². The molecule has 0 N–H and O–H groups in total. The summed E-state index contributed by atoms with van der Waals surface area (Å²) in [4.78, 5) is 21.1. The second-order valence-corrected chi connectivity index (χ2v) is 8.40. The molecule has 4 heterocycles. The SMILES string of the molecule is CN(C)c1ccc2nnc(C3CCN(C(=O)c4ccc5ncsc5c4)CC3)n2n1. The maximum absolute atomic E-state index is 12.9. The fourth-order valence-electron chi connectivity index (χ4n) is 3.80. The summed E-state index contributed by atoms with van der Waals surface area (Å²) in [5, 5.41) is 13.3. The van der Waals surface area contributed by atoms with Crippen LogP contribution in [-0.4, -0.2) is 62.8 Å². The molecule has 1 amide bonds. The molecule has 0 radical (unpaired) electrons. The van der Waals surface area contributed by atoms with Gasteiger partial charge in [0.25, 0.3) is 5.91 Å². The third-order valence-electron chi connectivity index (χ3n) is 5.46. The molecule has 1 aromatic carbocycles. The van der Waals surface area contributed by atoms with Gasteiger partial charge in [0, 0.05) is 38.7 Å². The predicted molar refractivity (Wildman–Crippen MR) is 113 cm³/mol. The fraction of sp³-hybridized carbons (Fsp3) is 0.350. The summed E-state index contributed by atoms with van der Waals surface area (Å²) in [7, 11) is 3.93. The van der Waals surface area contributed by atoms with E-state index in [1.165, 1.54) is 0 Å². The van der Waals surface area contributed by atoms with E-state index < -0.39 is 0 Å². The average molecular weight is 408 g/mol. The first-order valence-corrected chi connectivity index (χ1v) is 10.5. The van der Waals surface area contributed by atoms with Gasteiger partial charge in [-0.25, -0.2) is 4.98 Å². The molecule has 4 aromatic rings. The van der Waals surface area contributed by atoms with Crippen LogP contribution in [-0.2, 0) is 0 Å². The minimum absolute atomic E-state index is 0.0814. The first-order chi connectivity index (χ1) is 14.1. The van der Waals surface area contributed by atoms with Gasteiger partial charge in [0.15, 0.2) is 11.5 Å². The number of benzene rings is 1. The summed E-state index contributed by atoms with van der Waals surface area (Å²) < 4.78 is 2.89. The Labute approximate surface area is 171 Å². The molecule has 9 heteroatoms. The van der Waals surface area contributed by atoms with Crippen molar-refractivity contribution in [1.82, 2.24) is 29.7 Å². The normalized spacial score (nSPS) is 15.3. The summed E-state index contributed by atoms with van der Waals surface area (Å²) in [6.45, 7) is 1.40. The van der Waals surface area contributed by atoms with Crippen molar-refractivity contribution in [3.63, 3.8) is 0 Å². The standard InChI is InChI=1S/C20H21N7OS/c1-25(2)18-6-5-17-22-23-19(27(17)24-18)13-7-9-26(10-8-13)20(28)14-3-4-15-16(11-14)29-12-21-15/h3-6,11-13H,7-10H2,1-2H3. The maximum Gasteiger partial charge on any atom is 0.253 e. The van der Waals surface area contributed by atoms with Crippen molar-refractivity contribution < 1.29 is 4.79 Å². The number of fused-ring (bicyclic) bond motifs is 2. The summed E-state index contributed by atoms with van der Waals surface area (Å²) >= 11 is 1.56. The van der Waals surface area contributed by atoms with Crippen molar-refractivity contribution >= 4 is 38.9 Å². The molecule has 1 fully saturated rings. The molecule has 3 aromatic heterocycles. The van der Waals surface area contributed by atoms with Crippen LogP contribution in [0.3, 0.4) is 0 Å². The van der Waals surface area contributed by atoms with Gasteiger partial charge in [0.05, 0.1) is 15.7 Å². The van der Waals surface area contributed by atoms with E-state index in [9.17, 15) is 4.79 Å². The van der Waals surface area contributed by atoms with Crippen LogP contribution in [0.5, 0.6) is 0 Å². The zero-order valence-electron chi connectivity index (χ0n) is 16.3. The fourth-order valence-corrected chi connectivity index (χ4v) is 4.52. The van der Waals surface area contributed by atoms with Crippen LogP contribution in [0.15, 0.2) is 35.8 Å². The molecule has 0 unspecified atom stereocenters. The van der Waals surface area contributed by atoms with Gasteiger partial charge in [-0.15, -0.1) is 26.6 Å². The number of carbonyl (C=O) groups excluding carboxylic acids is 1. The quantitative estimate of drug-likeness (QED) is 0.520. The largest absolute Gasteiger partial charge is 0.361 e. The molecular formula is C20H21N7OS. The van der Waals surface area contributed by atoms with E-state index in [4.69, 9.17) is 0 Å². The third-order valence-corrected chi connectivity index (χ3v) is 6.25. The number of hydrogen-bond donors (Lipinski definition) is 0. The minimum atomic E-state index is 0.0814. The monoisotopic (exact) mass is 407 g/mol. The molecule has 148 valence electrons. The summed E-state index contributed by atoms with van der Waals surface area (Å²) in [6, 6.07) is 9.61. The molecular weight excluding hydrogens is 386 g/mol. The van der Waals surface area contributed by atoms with Crippen LogP contribution in [0.4, 0.5) is 5.82 Å². The Kier molecular flexibility index (Phi) is 4.39. The van der Waals surface area contributed by atoms with Gasteiger partial charge in [-0.3, -0.25) is 4.79 Å². The van der Waals surface area contributed by atoms with E-state index in [0.717, 1.165) is 45.9 Å². The number of nitrogens with zero attached hydrogens (tertiary/aromatic N) is 7. The number of aromatic nitrogens is 5. The number of carbonyl (C=O) groups is 1. The van der Waals surface area contributed by atoms with Crippen molar-refractivity contribution in [3.8, 4) is 0 Å². The smallest absolute Gasteiger partial charge is 0.253 e. The summed E-state index contributed by atoms with van der Waals surface area (Å²) in [5.74, 6) is 2.06. The molecule has 0 bridgehead atoms. The lowest BCUT2D eigenvalue weighted by Crippen LogP contribution is -2.38. The van der Waals surface area contributed by atoms with Crippen molar-refractivity contribution in [2.75, 3.05) is 32.1 Å². The Morgan fingerprint density at radius 3 is 2.76 bits per heavy atom. The van der Waals surface area contributed by atoms with Crippen molar-refractivity contribution in [2.24, 2.45) is 0 Å². The Hall–Kier alpha value is -3.07. The highest BCUT2D eigenvalue weighted by molar-refractivity contribution is 7.16. The third kappa shape index (κ3) is 3.21. The number of hydrogen-bond acceptors (Lipinski definition) is 7. The molecule has 1 saturated heterocycles.